The van der Waals surface area contributed by atoms with Crippen LogP contribution in [0.25, 0.3) is 0 Å². The van der Waals surface area contributed by atoms with E-state index in [9.17, 15) is 4.39 Å². The van der Waals surface area contributed by atoms with Crippen molar-refractivity contribution in [2.45, 2.75) is 20.4 Å². The van der Waals surface area contributed by atoms with Gasteiger partial charge in [-0.1, -0.05) is 6.07 Å². The fourth-order valence-electron chi connectivity index (χ4n) is 1.97. The summed E-state index contributed by atoms with van der Waals surface area (Å²) in [6, 6.07) is 8.97. The first kappa shape index (κ1) is 16.3. The van der Waals surface area contributed by atoms with E-state index in [1.54, 1.807) is 12.1 Å². The second-order valence-corrected chi connectivity index (χ2v) is 6.37. The van der Waals surface area contributed by atoms with E-state index in [1.807, 2.05) is 26.0 Å². The Hall–Kier alpha value is -1.07. The van der Waals surface area contributed by atoms with Crippen LogP contribution in [0.5, 0.6) is 5.75 Å². The summed E-state index contributed by atoms with van der Waals surface area (Å²) in [6.45, 7) is 5.01. The summed E-state index contributed by atoms with van der Waals surface area (Å²) in [5, 5.41) is 3.12. The third kappa shape index (κ3) is 4.20. The van der Waals surface area contributed by atoms with Gasteiger partial charge in [0.1, 0.15) is 11.6 Å². The van der Waals surface area contributed by atoms with E-state index < -0.39 is 0 Å². The molecule has 5 heteroatoms. The number of ether oxygens (including phenoxy) is 1. The standard InChI is InChI=1S/C16H16Br2FNO/c1-3-21-16-12(17)7-11(8-13(16)18)9-20-15-6-10(2)4-5-14(15)19/h4-8,20H,3,9H2,1-2H3. The Bertz CT molecular complexity index is 623. The quantitative estimate of drug-likeness (QED) is 0.677. The highest BCUT2D eigenvalue weighted by molar-refractivity contribution is 9.11. The van der Waals surface area contributed by atoms with Crippen molar-refractivity contribution in [2.24, 2.45) is 0 Å². The number of anilines is 1. The number of halogens is 3. The molecule has 21 heavy (non-hydrogen) atoms. The lowest BCUT2D eigenvalue weighted by Crippen LogP contribution is -2.03. The molecule has 2 nitrogen and oxygen atoms in total. The van der Waals surface area contributed by atoms with Crippen LogP contribution in [0.4, 0.5) is 10.1 Å². The van der Waals surface area contributed by atoms with Gasteiger partial charge in [-0.3, -0.25) is 0 Å². The lowest BCUT2D eigenvalue weighted by molar-refractivity contribution is 0.336. The Morgan fingerprint density at radius 3 is 2.43 bits per heavy atom. The molecular formula is C16H16Br2FNO. The zero-order chi connectivity index (χ0) is 15.4. The maximum absolute atomic E-state index is 13.7. The Morgan fingerprint density at radius 1 is 1.14 bits per heavy atom. The Morgan fingerprint density at radius 2 is 1.81 bits per heavy atom. The summed E-state index contributed by atoms with van der Waals surface area (Å²) in [7, 11) is 0. The van der Waals surface area contributed by atoms with Gasteiger partial charge in [0.2, 0.25) is 0 Å². The number of nitrogens with one attached hydrogen (secondary N) is 1. The number of hydrogen-bond acceptors (Lipinski definition) is 2. The maximum atomic E-state index is 13.7. The van der Waals surface area contributed by atoms with Gasteiger partial charge in [0, 0.05) is 6.54 Å². The van der Waals surface area contributed by atoms with Gasteiger partial charge in [0.15, 0.2) is 0 Å². The van der Waals surface area contributed by atoms with Gasteiger partial charge in [-0.25, -0.2) is 4.39 Å². The summed E-state index contributed by atoms with van der Waals surface area (Å²) in [6.07, 6.45) is 0. The van der Waals surface area contributed by atoms with E-state index in [0.717, 1.165) is 25.8 Å². The highest BCUT2D eigenvalue weighted by atomic mass is 79.9. The van der Waals surface area contributed by atoms with E-state index in [2.05, 4.69) is 37.2 Å². The molecule has 0 aliphatic heterocycles. The summed E-state index contributed by atoms with van der Waals surface area (Å²) in [5.41, 5.74) is 2.56. The third-order valence-electron chi connectivity index (χ3n) is 2.95. The highest BCUT2D eigenvalue weighted by Gasteiger charge is 2.09. The number of benzene rings is 2. The van der Waals surface area contributed by atoms with Crippen molar-refractivity contribution >= 4 is 37.5 Å². The molecular weight excluding hydrogens is 401 g/mol. The van der Waals surface area contributed by atoms with Gasteiger partial charge < -0.3 is 10.1 Å². The van der Waals surface area contributed by atoms with Gasteiger partial charge in [-0.15, -0.1) is 0 Å². The molecule has 0 aromatic heterocycles. The fraction of sp³-hybridized carbons (Fsp3) is 0.250. The summed E-state index contributed by atoms with van der Waals surface area (Å²) >= 11 is 6.99. The number of rotatable bonds is 5. The van der Waals surface area contributed by atoms with Crippen LogP contribution < -0.4 is 10.1 Å². The lowest BCUT2D eigenvalue weighted by atomic mass is 10.2. The fourth-order valence-corrected chi connectivity index (χ4v) is 3.48. The molecule has 0 bridgehead atoms. The van der Waals surface area contributed by atoms with E-state index >= 15 is 0 Å². The van der Waals surface area contributed by atoms with Gasteiger partial charge in [0.25, 0.3) is 0 Å². The molecule has 0 fully saturated rings. The molecule has 0 amide bonds. The first-order valence-electron chi connectivity index (χ1n) is 6.62. The lowest BCUT2D eigenvalue weighted by Gasteiger charge is -2.12. The summed E-state index contributed by atoms with van der Waals surface area (Å²) < 4.78 is 21.0. The number of aryl methyl sites for hydroxylation is 1. The molecule has 2 rings (SSSR count). The third-order valence-corrected chi connectivity index (χ3v) is 4.13. The first-order valence-corrected chi connectivity index (χ1v) is 8.20. The van der Waals surface area contributed by atoms with Crippen molar-refractivity contribution in [3.8, 4) is 5.75 Å². The van der Waals surface area contributed by atoms with Gasteiger partial charge in [-0.05, 0) is 81.1 Å². The second kappa shape index (κ2) is 7.27. The topological polar surface area (TPSA) is 21.3 Å². The van der Waals surface area contributed by atoms with Crippen molar-refractivity contribution in [1.82, 2.24) is 0 Å². The van der Waals surface area contributed by atoms with Crippen LogP contribution in [-0.2, 0) is 6.54 Å². The molecule has 0 spiro atoms. The largest absolute Gasteiger partial charge is 0.492 e. The average Bonchev–Trinajstić information content (AvgIpc) is 2.44. The Balaban J connectivity index is 2.15. The minimum absolute atomic E-state index is 0.246. The molecule has 0 saturated heterocycles. The number of hydrogen-bond donors (Lipinski definition) is 1. The average molecular weight is 417 g/mol. The molecule has 0 unspecified atom stereocenters. The molecule has 2 aromatic carbocycles. The normalized spacial score (nSPS) is 10.5. The van der Waals surface area contributed by atoms with E-state index in [-0.39, 0.29) is 5.82 Å². The Kier molecular flexibility index (Phi) is 5.65. The van der Waals surface area contributed by atoms with Crippen LogP contribution in [0, 0.1) is 12.7 Å². The highest BCUT2D eigenvalue weighted by Crippen LogP contribution is 2.35. The van der Waals surface area contributed by atoms with Crippen LogP contribution in [0.2, 0.25) is 0 Å². The Labute approximate surface area is 141 Å². The minimum Gasteiger partial charge on any atom is -0.492 e. The van der Waals surface area contributed by atoms with Gasteiger partial charge in [0.05, 0.1) is 21.2 Å². The van der Waals surface area contributed by atoms with Crippen LogP contribution in [0.1, 0.15) is 18.1 Å². The SMILES string of the molecule is CCOc1c(Br)cc(CNc2cc(C)ccc2F)cc1Br. The monoisotopic (exact) mass is 415 g/mol. The zero-order valence-corrected chi connectivity index (χ0v) is 15.0. The maximum Gasteiger partial charge on any atom is 0.147 e. The predicted octanol–water partition coefficient (Wildman–Crippen LogP) is 5.67. The van der Waals surface area contributed by atoms with Crippen molar-refractivity contribution in [3.63, 3.8) is 0 Å². The molecule has 0 radical (unpaired) electrons. The molecule has 0 aliphatic rings. The van der Waals surface area contributed by atoms with E-state index in [4.69, 9.17) is 4.74 Å². The van der Waals surface area contributed by atoms with E-state index in [1.165, 1.54) is 6.07 Å². The summed E-state index contributed by atoms with van der Waals surface area (Å²) in [4.78, 5) is 0. The van der Waals surface area contributed by atoms with Crippen LogP contribution in [-0.4, -0.2) is 6.61 Å². The predicted molar refractivity (Wildman–Crippen MR) is 91.5 cm³/mol. The molecule has 112 valence electrons. The summed E-state index contributed by atoms with van der Waals surface area (Å²) in [5.74, 6) is 0.535. The smallest absolute Gasteiger partial charge is 0.147 e. The zero-order valence-electron chi connectivity index (χ0n) is 11.8. The van der Waals surface area contributed by atoms with Crippen molar-refractivity contribution in [1.29, 1.82) is 0 Å². The van der Waals surface area contributed by atoms with Crippen molar-refractivity contribution in [2.75, 3.05) is 11.9 Å². The van der Waals surface area contributed by atoms with Crippen molar-refractivity contribution in [3.05, 3.63) is 56.2 Å². The van der Waals surface area contributed by atoms with Crippen LogP contribution in [0.3, 0.4) is 0 Å². The molecule has 0 saturated carbocycles. The van der Waals surface area contributed by atoms with Crippen LogP contribution >= 0.6 is 31.9 Å². The molecule has 0 heterocycles. The minimum atomic E-state index is -0.246. The van der Waals surface area contributed by atoms with Crippen molar-refractivity contribution < 1.29 is 9.13 Å². The molecule has 2 aromatic rings. The molecule has 1 N–H and O–H groups in total. The second-order valence-electron chi connectivity index (χ2n) is 4.66. The van der Waals surface area contributed by atoms with Crippen LogP contribution in [0.15, 0.2) is 39.3 Å². The molecule has 0 atom stereocenters. The van der Waals surface area contributed by atoms with Gasteiger partial charge >= 0.3 is 0 Å². The van der Waals surface area contributed by atoms with E-state index in [0.29, 0.717) is 18.8 Å². The van der Waals surface area contributed by atoms with Gasteiger partial charge in [-0.2, -0.15) is 0 Å². The molecule has 0 aliphatic carbocycles. The first-order chi connectivity index (χ1) is 10.0.